The number of nitrogens with zero attached hydrogens (tertiary/aromatic N) is 2. The van der Waals surface area contributed by atoms with Crippen molar-refractivity contribution in [3.05, 3.63) is 12.2 Å². The van der Waals surface area contributed by atoms with E-state index in [1.54, 1.807) is 11.8 Å². The Morgan fingerprint density at radius 2 is 1.62 bits per heavy atom. The number of carbonyl (C=O) groups is 3. The van der Waals surface area contributed by atoms with Crippen LogP contribution in [0.3, 0.4) is 0 Å². The molecule has 2 bridgehead atoms. The maximum atomic E-state index is 13.0. The van der Waals surface area contributed by atoms with Crippen LogP contribution in [-0.4, -0.2) is 59.9 Å². The van der Waals surface area contributed by atoms with Gasteiger partial charge in [-0.1, -0.05) is 12.2 Å². The van der Waals surface area contributed by atoms with Gasteiger partial charge in [0.2, 0.25) is 17.7 Å². The van der Waals surface area contributed by atoms with E-state index in [0.717, 1.165) is 6.42 Å². The molecule has 6 aliphatic rings. The molecule has 0 aromatic heterocycles. The summed E-state index contributed by atoms with van der Waals surface area (Å²) < 4.78 is 5.28. The highest BCUT2D eigenvalue weighted by molar-refractivity contribution is 6.09. The average Bonchev–Trinajstić information content (AvgIpc) is 3.39. The number of morpholine rings is 1. The number of rotatable bonds is 2. The van der Waals surface area contributed by atoms with E-state index in [-0.39, 0.29) is 41.4 Å². The van der Waals surface area contributed by atoms with Crippen molar-refractivity contribution in [2.75, 3.05) is 26.3 Å². The second-order valence-electron chi connectivity index (χ2n) is 7.81. The van der Waals surface area contributed by atoms with E-state index in [2.05, 4.69) is 12.2 Å². The van der Waals surface area contributed by atoms with Crippen molar-refractivity contribution in [2.24, 2.45) is 35.5 Å². The van der Waals surface area contributed by atoms with Gasteiger partial charge in [-0.3, -0.25) is 19.3 Å². The van der Waals surface area contributed by atoms with Crippen LogP contribution < -0.4 is 0 Å². The molecule has 3 amide bonds. The maximum Gasteiger partial charge on any atom is 0.245 e. The fourth-order valence-electron chi connectivity index (χ4n) is 5.52. The maximum absolute atomic E-state index is 13.0. The van der Waals surface area contributed by atoms with E-state index in [0.29, 0.717) is 38.1 Å². The topological polar surface area (TPSA) is 66.9 Å². The van der Waals surface area contributed by atoms with Crippen molar-refractivity contribution < 1.29 is 19.1 Å². The van der Waals surface area contributed by atoms with Crippen LogP contribution in [0.4, 0.5) is 0 Å². The highest BCUT2D eigenvalue weighted by Crippen LogP contribution is 2.65. The summed E-state index contributed by atoms with van der Waals surface area (Å²) in [6.45, 7) is 3.79. The van der Waals surface area contributed by atoms with Crippen LogP contribution in [0.1, 0.15) is 13.3 Å². The molecule has 128 valence electrons. The molecular weight excluding hydrogens is 308 g/mol. The van der Waals surface area contributed by atoms with Crippen molar-refractivity contribution in [3.63, 3.8) is 0 Å². The second kappa shape index (κ2) is 4.91. The third-order valence-corrected chi connectivity index (χ3v) is 6.76. The summed E-state index contributed by atoms with van der Waals surface area (Å²) in [5.74, 6) is 0.754. The molecule has 0 radical (unpaired) electrons. The average molecular weight is 330 g/mol. The zero-order valence-corrected chi connectivity index (χ0v) is 13.8. The predicted molar refractivity (Wildman–Crippen MR) is 83.4 cm³/mol. The van der Waals surface area contributed by atoms with Gasteiger partial charge < -0.3 is 9.64 Å². The first-order chi connectivity index (χ1) is 11.6. The fourth-order valence-corrected chi connectivity index (χ4v) is 5.52. The van der Waals surface area contributed by atoms with Gasteiger partial charge in [0.25, 0.3) is 0 Å². The van der Waals surface area contributed by atoms with E-state index in [4.69, 9.17) is 4.74 Å². The van der Waals surface area contributed by atoms with Gasteiger partial charge in [0.15, 0.2) is 0 Å². The number of likely N-dealkylation sites (tertiary alicyclic amines) is 1. The minimum Gasteiger partial charge on any atom is -0.378 e. The molecule has 2 aliphatic heterocycles. The summed E-state index contributed by atoms with van der Waals surface area (Å²) in [6, 6.07) is -0.704. The third-order valence-electron chi connectivity index (χ3n) is 6.76. The van der Waals surface area contributed by atoms with Crippen LogP contribution in [0.15, 0.2) is 12.2 Å². The first kappa shape index (κ1) is 14.6. The Hall–Kier alpha value is -1.69. The number of allylic oxidation sites excluding steroid dienone is 2. The van der Waals surface area contributed by atoms with E-state index < -0.39 is 6.04 Å². The van der Waals surface area contributed by atoms with Crippen LogP contribution in [0, 0.1) is 35.5 Å². The lowest BCUT2D eigenvalue weighted by atomic mass is 9.63. The molecule has 2 heterocycles. The summed E-state index contributed by atoms with van der Waals surface area (Å²) in [4.78, 5) is 41.8. The number of hydrogen-bond acceptors (Lipinski definition) is 4. The van der Waals surface area contributed by atoms with Crippen LogP contribution >= 0.6 is 0 Å². The van der Waals surface area contributed by atoms with Gasteiger partial charge in [-0.25, -0.2) is 0 Å². The highest BCUT2D eigenvalue weighted by atomic mass is 16.5. The number of hydrogen-bond donors (Lipinski definition) is 0. The zero-order valence-electron chi connectivity index (χ0n) is 13.8. The molecule has 0 aromatic carbocycles. The van der Waals surface area contributed by atoms with Crippen LogP contribution in [0.2, 0.25) is 0 Å². The predicted octanol–water partition coefficient (Wildman–Crippen LogP) is 0.287. The van der Waals surface area contributed by atoms with Gasteiger partial charge in [0.05, 0.1) is 25.0 Å². The molecule has 24 heavy (non-hydrogen) atoms. The Bertz CT molecular complexity index is 617. The van der Waals surface area contributed by atoms with E-state index in [9.17, 15) is 14.4 Å². The van der Waals surface area contributed by atoms with E-state index in [1.165, 1.54) is 4.90 Å². The molecule has 6 rings (SSSR count). The van der Waals surface area contributed by atoms with Gasteiger partial charge in [0.1, 0.15) is 6.04 Å². The summed E-state index contributed by atoms with van der Waals surface area (Å²) in [7, 11) is 0. The molecule has 0 aromatic rings. The van der Waals surface area contributed by atoms with Gasteiger partial charge in [-0.2, -0.15) is 0 Å². The minimum atomic E-state index is -0.704. The van der Waals surface area contributed by atoms with E-state index >= 15 is 0 Å². The number of amides is 3. The van der Waals surface area contributed by atoms with E-state index in [1.807, 2.05) is 0 Å². The van der Waals surface area contributed by atoms with Crippen molar-refractivity contribution >= 4 is 17.7 Å². The molecule has 0 spiro atoms. The lowest BCUT2D eigenvalue weighted by molar-refractivity contribution is -0.152. The lowest BCUT2D eigenvalue weighted by Gasteiger charge is -2.37. The van der Waals surface area contributed by atoms with Gasteiger partial charge in [-0.05, 0) is 37.0 Å². The van der Waals surface area contributed by atoms with Crippen molar-refractivity contribution in [1.82, 2.24) is 9.80 Å². The minimum absolute atomic E-state index is 0.121. The van der Waals surface area contributed by atoms with Crippen LogP contribution in [0.5, 0.6) is 0 Å². The summed E-state index contributed by atoms with van der Waals surface area (Å²) in [5, 5.41) is 0. The number of imide groups is 1. The number of carbonyl (C=O) groups excluding carboxylic acids is 3. The SMILES string of the molecule is C[C@@H](C(=O)N1CCOCC1)N1C(=O)[C@@H]2[C@@H]3C=C[C@H]([C@H]4C[C@H]34)[C@@H]2C1=O. The largest absolute Gasteiger partial charge is 0.378 e. The monoisotopic (exact) mass is 330 g/mol. The smallest absolute Gasteiger partial charge is 0.245 e. The van der Waals surface area contributed by atoms with Crippen LogP contribution in [0.25, 0.3) is 0 Å². The molecule has 2 saturated heterocycles. The zero-order chi connectivity index (χ0) is 16.6. The van der Waals surface area contributed by atoms with Crippen molar-refractivity contribution in [3.8, 4) is 0 Å². The summed E-state index contributed by atoms with van der Waals surface area (Å²) in [6.07, 6.45) is 5.46. The summed E-state index contributed by atoms with van der Waals surface area (Å²) in [5.41, 5.74) is 0. The van der Waals surface area contributed by atoms with Crippen molar-refractivity contribution in [2.45, 2.75) is 19.4 Å². The first-order valence-electron chi connectivity index (χ1n) is 9.01. The van der Waals surface area contributed by atoms with Gasteiger partial charge in [0, 0.05) is 13.1 Å². The molecule has 0 N–H and O–H groups in total. The van der Waals surface area contributed by atoms with Crippen molar-refractivity contribution in [1.29, 1.82) is 0 Å². The molecule has 4 aliphatic carbocycles. The molecule has 0 unspecified atom stereocenters. The van der Waals surface area contributed by atoms with Crippen LogP contribution in [-0.2, 0) is 19.1 Å². The standard InChI is InChI=1S/C18H22N2O4/c1-9(16(21)19-4-6-24-7-5-19)20-17(22)14-10-2-3-11(13-8-12(10)13)15(14)18(20)23/h2-3,9-15H,4-8H2,1H3/t9-,10+,11+,12+,13+,14-,15+/m0/s1. The summed E-state index contributed by atoms with van der Waals surface area (Å²) >= 11 is 0. The first-order valence-corrected chi connectivity index (χ1v) is 9.01. The Morgan fingerprint density at radius 3 is 2.17 bits per heavy atom. The Kier molecular flexibility index (Phi) is 2.99. The number of ether oxygens (including phenoxy) is 1. The quantitative estimate of drug-likeness (QED) is 0.539. The third kappa shape index (κ3) is 1.78. The lowest BCUT2D eigenvalue weighted by Crippen LogP contribution is -2.52. The Labute approximate surface area is 140 Å². The molecule has 7 atom stereocenters. The molecule has 6 heteroatoms. The normalized spacial score (nSPS) is 43.7. The molecule has 4 fully saturated rings. The fraction of sp³-hybridized carbons (Fsp3) is 0.722. The molecule has 2 saturated carbocycles. The Morgan fingerprint density at radius 1 is 1.08 bits per heavy atom. The second-order valence-corrected chi connectivity index (χ2v) is 7.81. The molecular formula is C18H22N2O4. The molecule has 6 nitrogen and oxygen atoms in total. The Balaban J connectivity index is 1.40. The van der Waals surface area contributed by atoms with Gasteiger partial charge in [-0.15, -0.1) is 0 Å². The highest BCUT2D eigenvalue weighted by Gasteiger charge is 2.67. The van der Waals surface area contributed by atoms with Gasteiger partial charge >= 0.3 is 0 Å².